The number of H-pyrrole nitrogens is 1. The molecule has 5 heterocycles. The predicted octanol–water partition coefficient (Wildman–Crippen LogP) is 3.88. The maximum atomic E-state index is 10.6. The van der Waals surface area contributed by atoms with Crippen molar-refractivity contribution in [3.05, 3.63) is 59.5 Å². The summed E-state index contributed by atoms with van der Waals surface area (Å²) in [6.45, 7) is 7.11. The van der Waals surface area contributed by atoms with Crippen molar-refractivity contribution in [3.63, 3.8) is 0 Å². The second-order valence-electron chi connectivity index (χ2n) is 10.9. The van der Waals surface area contributed by atoms with E-state index in [0.29, 0.717) is 0 Å². The molecule has 3 aromatic rings. The number of aliphatic hydroxyl groups excluding tert-OH is 1. The lowest BCUT2D eigenvalue weighted by Crippen LogP contribution is -2.54. The molecule has 2 saturated heterocycles. The molecule has 1 spiro atoms. The summed E-state index contributed by atoms with van der Waals surface area (Å²) in [6, 6.07) is 10.5. The molecule has 2 N–H and O–H groups in total. The van der Waals surface area contributed by atoms with E-state index in [2.05, 4.69) is 50.1 Å². The first-order chi connectivity index (χ1) is 17.7. The Kier molecular flexibility index (Phi) is 6.73. The van der Waals surface area contributed by atoms with Gasteiger partial charge in [0.2, 0.25) is 0 Å². The highest BCUT2D eigenvalue weighted by Crippen LogP contribution is 2.49. The van der Waals surface area contributed by atoms with Gasteiger partial charge in [0, 0.05) is 73.3 Å². The van der Waals surface area contributed by atoms with Crippen LogP contribution >= 0.6 is 0 Å². The minimum Gasteiger partial charge on any atom is -0.497 e. The van der Waals surface area contributed by atoms with Crippen LogP contribution in [0.5, 0.6) is 5.75 Å². The van der Waals surface area contributed by atoms with Gasteiger partial charge < -0.3 is 24.5 Å². The number of hydrogen-bond donors (Lipinski definition) is 2. The van der Waals surface area contributed by atoms with Crippen molar-refractivity contribution >= 4 is 10.9 Å². The van der Waals surface area contributed by atoms with Crippen molar-refractivity contribution in [2.75, 3.05) is 53.1 Å². The van der Waals surface area contributed by atoms with Gasteiger partial charge in [0.1, 0.15) is 5.75 Å². The summed E-state index contributed by atoms with van der Waals surface area (Å²) in [4.78, 5) is 13.1. The predicted molar refractivity (Wildman–Crippen MR) is 140 cm³/mol. The molecule has 0 unspecified atom stereocenters. The van der Waals surface area contributed by atoms with E-state index in [0.717, 1.165) is 69.4 Å². The molecule has 7 heteroatoms. The third-order valence-corrected chi connectivity index (χ3v) is 8.82. The molecule has 0 aliphatic carbocycles. The average molecular weight is 491 g/mol. The first kappa shape index (κ1) is 23.9. The van der Waals surface area contributed by atoms with E-state index in [-0.39, 0.29) is 18.1 Å². The first-order valence-corrected chi connectivity index (χ1v) is 13.4. The van der Waals surface area contributed by atoms with Crippen LogP contribution in [0.15, 0.2) is 42.7 Å². The molecule has 1 aromatic carbocycles. The molecule has 6 rings (SSSR count). The highest BCUT2D eigenvalue weighted by molar-refractivity contribution is 5.87. The number of aromatic amines is 1. The lowest BCUT2D eigenvalue weighted by Gasteiger charge is -2.50. The molecule has 2 fully saturated rings. The SMILES string of the molecule is COc1ccc2c3c([nH]c2c1)[C@@H](CO)N(Cc1ccncc1)CC31CCN(CC2CCOCC2)CC1. The zero-order valence-electron chi connectivity index (χ0n) is 21.3. The van der Waals surface area contributed by atoms with Gasteiger partial charge in [-0.1, -0.05) is 0 Å². The fourth-order valence-electron chi connectivity index (χ4n) is 6.87. The number of piperidine rings is 1. The van der Waals surface area contributed by atoms with Crippen LogP contribution in [0.3, 0.4) is 0 Å². The fraction of sp³-hybridized carbons (Fsp3) is 0.552. The van der Waals surface area contributed by atoms with E-state index in [1.807, 2.05) is 12.4 Å². The van der Waals surface area contributed by atoms with Crippen molar-refractivity contribution in [2.45, 2.75) is 43.7 Å². The van der Waals surface area contributed by atoms with Crippen molar-refractivity contribution in [1.82, 2.24) is 19.8 Å². The highest BCUT2D eigenvalue weighted by Gasteiger charge is 2.47. The second-order valence-corrected chi connectivity index (χ2v) is 10.9. The number of nitrogens with one attached hydrogen (secondary N) is 1. The monoisotopic (exact) mass is 490 g/mol. The van der Waals surface area contributed by atoms with Crippen LogP contribution in [0.25, 0.3) is 10.9 Å². The highest BCUT2D eigenvalue weighted by atomic mass is 16.5. The largest absolute Gasteiger partial charge is 0.497 e. The quantitative estimate of drug-likeness (QED) is 0.546. The van der Waals surface area contributed by atoms with Crippen molar-refractivity contribution in [3.8, 4) is 5.75 Å². The molecule has 1 atom stereocenters. The summed E-state index contributed by atoms with van der Waals surface area (Å²) in [5.41, 5.74) is 5.01. The number of rotatable bonds is 6. The minimum atomic E-state index is -0.0579. The Balaban J connectivity index is 1.34. The third kappa shape index (κ3) is 4.43. The summed E-state index contributed by atoms with van der Waals surface area (Å²) in [7, 11) is 1.71. The van der Waals surface area contributed by atoms with Gasteiger partial charge in [-0.05, 0) is 80.1 Å². The molecule has 2 aromatic heterocycles. The maximum Gasteiger partial charge on any atom is 0.120 e. The zero-order valence-corrected chi connectivity index (χ0v) is 21.3. The van der Waals surface area contributed by atoms with Gasteiger partial charge in [0.15, 0.2) is 0 Å². The first-order valence-electron chi connectivity index (χ1n) is 13.4. The summed E-state index contributed by atoms with van der Waals surface area (Å²) in [5, 5.41) is 11.9. The van der Waals surface area contributed by atoms with Crippen LogP contribution in [0.2, 0.25) is 0 Å². The fourth-order valence-corrected chi connectivity index (χ4v) is 6.87. The molecular weight excluding hydrogens is 452 g/mol. The Morgan fingerprint density at radius 2 is 1.92 bits per heavy atom. The summed E-state index contributed by atoms with van der Waals surface area (Å²) < 4.78 is 11.1. The van der Waals surface area contributed by atoms with E-state index < -0.39 is 0 Å². The van der Waals surface area contributed by atoms with E-state index in [1.165, 1.54) is 41.6 Å². The van der Waals surface area contributed by atoms with Gasteiger partial charge >= 0.3 is 0 Å². The van der Waals surface area contributed by atoms with Crippen LogP contribution in [-0.2, 0) is 16.7 Å². The van der Waals surface area contributed by atoms with E-state index in [4.69, 9.17) is 9.47 Å². The zero-order chi connectivity index (χ0) is 24.5. The molecule has 3 aliphatic heterocycles. The van der Waals surface area contributed by atoms with E-state index >= 15 is 0 Å². The van der Waals surface area contributed by atoms with Crippen LogP contribution < -0.4 is 4.74 Å². The van der Waals surface area contributed by atoms with Crippen LogP contribution in [0.1, 0.15) is 48.5 Å². The number of pyridine rings is 1. The van der Waals surface area contributed by atoms with Gasteiger partial charge in [-0.3, -0.25) is 9.88 Å². The molecule has 192 valence electrons. The number of aromatic nitrogens is 2. The lowest BCUT2D eigenvalue weighted by molar-refractivity contribution is 0.0256. The Bertz CT molecular complexity index is 1170. The normalized spacial score (nSPS) is 23.2. The number of hydrogen-bond acceptors (Lipinski definition) is 6. The Morgan fingerprint density at radius 1 is 1.14 bits per heavy atom. The van der Waals surface area contributed by atoms with Crippen molar-refractivity contribution in [2.24, 2.45) is 5.92 Å². The Morgan fingerprint density at radius 3 is 2.64 bits per heavy atom. The third-order valence-electron chi connectivity index (χ3n) is 8.82. The van der Waals surface area contributed by atoms with Crippen molar-refractivity contribution in [1.29, 1.82) is 0 Å². The smallest absolute Gasteiger partial charge is 0.120 e. The van der Waals surface area contributed by atoms with Gasteiger partial charge in [-0.2, -0.15) is 0 Å². The summed E-state index contributed by atoms with van der Waals surface area (Å²) >= 11 is 0. The van der Waals surface area contributed by atoms with Crippen LogP contribution in [0.4, 0.5) is 0 Å². The molecule has 36 heavy (non-hydrogen) atoms. The topological polar surface area (TPSA) is 73.9 Å². The molecule has 0 amide bonds. The van der Waals surface area contributed by atoms with Crippen molar-refractivity contribution < 1.29 is 14.6 Å². The minimum absolute atomic E-state index is 0.0579. The maximum absolute atomic E-state index is 10.6. The van der Waals surface area contributed by atoms with Gasteiger partial charge in [-0.25, -0.2) is 0 Å². The van der Waals surface area contributed by atoms with Gasteiger partial charge in [0.25, 0.3) is 0 Å². The van der Waals surface area contributed by atoms with E-state index in [1.54, 1.807) is 7.11 Å². The second kappa shape index (κ2) is 10.1. The van der Waals surface area contributed by atoms with Gasteiger partial charge in [0.05, 0.1) is 19.8 Å². The van der Waals surface area contributed by atoms with E-state index in [9.17, 15) is 5.11 Å². The molecule has 0 saturated carbocycles. The van der Waals surface area contributed by atoms with Crippen LogP contribution in [0, 0.1) is 5.92 Å². The lowest BCUT2D eigenvalue weighted by atomic mass is 9.68. The van der Waals surface area contributed by atoms with Gasteiger partial charge in [-0.15, -0.1) is 0 Å². The average Bonchev–Trinajstić information content (AvgIpc) is 3.31. The number of likely N-dealkylation sites (tertiary alicyclic amines) is 1. The molecular formula is C29H38N4O3. The molecule has 3 aliphatic rings. The number of fused-ring (bicyclic) bond motifs is 4. The number of ether oxygens (including phenoxy) is 2. The number of aliphatic hydroxyl groups is 1. The molecule has 0 bridgehead atoms. The Labute approximate surface area is 213 Å². The summed E-state index contributed by atoms with van der Waals surface area (Å²) in [5.74, 6) is 1.62. The molecule has 0 radical (unpaired) electrons. The summed E-state index contributed by atoms with van der Waals surface area (Å²) in [6.07, 6.45) is 8.36. The molecule has 7 nitrogen and oxygen atoms in total. The Hall–Kier alpha value is -2.45. The number of nitrogens with zero attached hydrogens (tertiary/aromatic N) is 3. The van der Waals surface area contributed by atoms with Crippen LogP contribution in [-0.4, -0.2) is 78.0 Å². The number of methoxy groups -OCH3 is 1. The number of benzene rings is 1. The standard InChI is InChI=1S/C29H38N4O3/c1-35-23-2-3-24-25(16-23)31-28-26(19-34)33(18-21-4-10-30-11-5-21)20-29(27(24)28)8-12-32(13-9-29)17-22-6-14-36-15-7-22/h2-5,10-11,16,22,26,31,34H,6-9,12-15,17-20H2,1H3/t26-/m1/s1.